The summed E-state index contributed by atoms with van der Waals surface area (Å²) in [5.74, 6) is 2.13. The average molecular weight is 313 g/mol. The van der Waals surface area contributed by atoms with Gasteiger partial charge in [0.25, 0.3) is 0 Å². The highest BCUT2D eigenvalue weighted by atomic mass is 15.3. The van der Waals surface area contributed by atoms with Crippen LogP contribution in [0, 0.1) is 0 Å². The Morgan fingerprint density at radius 1 is 1.22 bits per heavy atom. The Labute approximate surface area is 136 Å². The largest absolute Gasteiger partial charge is 0.356 e. The highest BCUT2D eigenvalue weighted by Gasteiger charge is 2.28. The maximum Gasteiger partial charge on any atom is 0.147 e. The Hall–Kier alpha value is -2.02. The van der Waals surface area contributed by atoms with Crippen molar-refractivity contribution in [3.05, 3.63) is 30.7 Å². The van der Waals surface area contributed by atoms with Crippen LogP contribution in [0.4, 0.5) is 5.82 Å². The quantitative estimate of drug-likeness (QED) is 0.834. The molecule has 23 heavy (non-hydrogen) atoms. The molecule has 3 heterocycles. The van der Waals surface area contributed by atoms with Gasteiger partial charge in [-0.25, -0.2) is 9.97 Å². The molecule has 2 aromatic heterocycles. The van der Waals surface area contributed by atoms with E-state index in [1.54, 1.807) is 12.5 Å². The second-order valence-electron chi connectivity index (χ2n) is 6.57. The van der Waals surface area contributed by atoms with Gasteiger partial charge in [0.1, 0.15) is 24.3 Å². The summed E-state index contributed by atoms with van der Waals surface area (Å²) in [6.07, 6.45) is 10.2. The molecule has 0 aromatic carbocycles. The van der Waals surface area contributed by atoms with Crippen LogP contribution in [0.1, 0.15) is 37.5 Å². The molecule has 1 aliphatic heterocycles. The second-order valence-corrected chi connectivity index (χ2v) is 6.57. The Morgan fingerprint density at radius 2 is 2.04 bits per heavy atom. The summed E-state index contributed by atoms with van der Waals surface area (Å²) in [7, 11) is 2.13. The molecule has 1 saturated heterocycles. The van der Waals surface area contributed by atoms with Gasteiger partial charge in [0.15, 0.2) is 0 Å². The zero-order valence-electron chi connectivity index (χ0n) is 13.5. The zero-order valence-corrected chi connectivity index (χ0v) is 13.5. The third kappa shape index (κ3) is 3.19. The molecule has 2 fully saturated rings. The predicted octanol–water partition coefficient (Wildman–Crippen LogP) is 1.50. The van der Waals surface area contributed by atoms with Gasteiger partial charge >= 0.3 is 0 Å². The van der Waals surface area contributed by atoms with Crippen LogP contribution in [0.3, 0.4) is 0 Å². The van der Waals surface area contributed by atoms with E-state index >= 15 is 0 Å². The van der Waals surface area contributed by atoms with Crippen LogP contribution in [0.2, 0.25) is 0 Å². The molecule has 0 N–H and O–H groups in total. The lowest BCUT2D eigenvalue weighted by atomic mass is 10.0. The number of likely N-dealkylation sites (tertiary alicyclic amines) is 1. The summed E-state index contributed by atoms with van der Waals surface area (Å²) in [5, 5.41) is 8.41. The molecular formula is C16H23N7. The van der Waals surface area contributed by atoms with Crippen molar-refractivity contribution in [2.45, 2.75) is 44.3 Å². The monoisotopic (exact) mass is 313 g/mol. The molecule has 2 aliphatic rings. The van der Waals surface area contributed by atoms with E-state index in [-0.39, 0.29) is 0 Å². The number of hydrogen-bond donors (Lipinski definition) is 0. The molecule has 0 bridgehead atoms. The molecule has 0 amide bonds. The van der Waals surface area contributed by atoms with Crippen molar-refractivity contribution < 1.29 is 0 Å². The number of anilines is 1. The van der Waals surface area contributed by atoms with Crippen LogP contribution in [0.25, 0.3) is 0 Å². The van der Waals surface area contributed by atoms with Crippen LogP contribution >= 0.6 is 0 Å². The highest BCUT2D eigenvalue weighted by molar-refractivity contribution is 5.36. The minimum atomic E-state index is 0.544. The number of aromatic nitrogens is 5. The molecule has 7 heteroatoms. The van der Waals surface area contributed by atoms with E-state index in [9.17, 15) is 0 Å². The number of piperidine rings is 1. The maximum atomic E-state index is 4.35. The molecule has 1 aliphatic carbocycles. The molecule has 0 atom stereocenters. The van der Waals surface area contributed by atoms with Crippen LogP contribution in [0.15, 0.2) is 24.9 Å². The fourth-order valence-electron chi connectivity index (χ4n) is 3.38. The van der Waals surface area contributed by atoms with Gasteiger partial charge in [-0.15, -0.1) is 10.2 Å². The summed E-state index contributed by atoms with van der Waals surface area (Å²) in [5.41, 5.74) is 0. The van der Waals surface area contributed by atoms with Gasteiger partial charge in [0.05, 0.1) is 6.54 Å². The predicted molar refractivity (Wildman–Crippen MR) is 87.0 cm³/mol. The first-order valence-electron chi connectivity index (χ1n) is 8.41. The topological polar surface area (TPSA) is 63.0 Å². The molecule has 2 aromatic rings. The molecule has 122 valence electrons. The van der Waals surface area contributed by atoms with E-state index in [0.29, 0.717) is 12.1 Å². The summed E-state index contributed by atoms with van der Waals surface area (Å²) in [6.45, 7) is 3.11. The molecule has 0 unspecified atom stereocenters. The Balaban J connectivity index is 1.33. The zero-order chi connectivity index (χ0) is 15.6. The van der Waals surface area contributed by atoms with E-state index in [2.05, 4.69) is 41.6 Å². The Bertz CT molecular complexity index is 629. The second kappa shape index (κ2) is 6.23. The van der Waals surface area contributed by atoms with E-state index in [1.807, 2.05) is 12.4 Å². The van der Waals surface area contributed by atoms with Crippen LogP contribution in [-0.4, -0.2) is 55.8 Å². The smallest absolute Gasteiger partial charge is 0.147 e. The SMILES string of the molecule is CN(c1ccncn1)C1CCN(Cc2nncn2C2CC2)CC1. The fourth-order valence-corrected chi connectivity index (χ4v) is 3.38. The highest BCUT2D eigenvalue weighted by Crippen LogP contribution is 2.35. The van der Waals surface area contributed by atoms with Gasteiger partial charge in [-0.1, -0.05) is 0 Å². The lowest BCUT2D eigenvalue weighted by molar-refractivity contribution is 0.196. The lowest BCUT2D eigenvalue weighted by Gasteiger charge is -2.37. The molecule has 7 nitrogen and oxygen atoms in total. The Morgan fingerprint density at radius 3 is 2.74 bits per heavy atom. The van der Waals surface area contributed by atoms with Gasteiger partial charge in [-0.05, 0) is 31.7 Å². The average Bonchev–Trinajstić information content (AvgIpc) is 3.35. The summed E-state index contributed by atoms with van der Waals surface area (Å²) < 4.78 is 2.26. The van der Waals surface area contributed by atoms with Crippen molar-refractivity contribution in [3.63, 3.8) is 0 Å². The van der Waals surface area contributed by atoms with Gasteiger partial charge in [0.2, 0.25) is 0 Å². The van der Waals surface area contributed by atoms with E-state index < -0.39 is 0 Å². The molecule has 1 saturated carbocycles. The molecule has 0 spiro atoms. The number of hydrogen-bond acceptors (Lipinski definition) is 6. The van der Waals surface area contributed by atoms with E-state index in [4.69, 9.17) is 0 Å². The van der Waals surface area contributed by atoms with E-state index in [1.165, 1.54) is 12.8 Å². The summed E-state index contributed by atoms with van der Waals surface area (Å²) in [4.78, 5) is 13.1. The van der Waals surface area contributed by atoms with Crippen molar-refractivity contribution >= 4 is 5.82 Å². The van der Waals surface area contributed by atoms with Crippen LogP contribution < -0.4 is 4.90 Å². The third-order valence-electron chi connectivity index (χ3n) is 4.99. The fraction of sp³-hybridized carbons (Fsp3) is 0.625. The number of nitrogens with zero attached hydrogens (tertiary/aromatic N) is 7. The van der Waals surface area contributed by atoms with Crippen LogP contribution in [-0.2, 0) is 6.54 Å². The van der Waals surface area contributed by atoms with Crippen molar-refractivity contribution in [1.29, 1.82) is 0 Å². The van der Waals surface area contributed by atoms with Crippen molar-refractivity contribution in [1.82, 2.24) is 29.6 Å². The van der Waals surface area contributed by atoms with Gasteiger partial charge in [-0.2, -0.15) is 0 Å². The molecular weight excluding hydrogens is 290 g/mol. The molecule has 4 rings (SSSR count). The Kier molecular flexibility index (Phi) is 3.95. The lowest BCUT2D eigenvalue weighted by Crippen LogP contribution is -2.43. The van der Waals surface area contributed by atoms with Crippen molar-refractivity contribution in [2.75, 3.05) is 25.0 Å². The standard InChI is InChI=1S/C16H23N7/c1-21(15-4-7-17-11-18-15)13-5-8-22(9-6-13)10-16-20-19-12-23(16)14-2-3-14/h4,7,11-14H,2-3,5-6,8-10H2,1H3. The minimum absolute atomic E-state index is 0.544. The van der Waals surface area contributed by atoms with Gasteiger partial charge < -0.3 is 9.47 Å². The van der Waals surface area contributed by atoms with Crippen molar-refractivity contribution in [3.8, 4) is 0 Å². The first-order chi connectivity index (χ1) is 11.3. The first kappa shape index (κ1) is 14.6. The van der Waals surface area contributed by atoms with Crippen molar-refractivity contribution in [2.24, 2.45) is 0 Å². The molecule has 0 radical (unpaired) electrons. The van der Waals surface area contributed by atoms with Gasteiger partial charge in [0, 0.05) is 38.4 Å². The maximum absolute atomic E-state index is 4.35. The normalized spacial score (nSPS) is 19.9. The minimum Gasteiger partial charge on any atom is -0.356 e. The third-order valence-corrected chi connectivity index (χ3v) is 4.99. The first-order valence-corrected chi connectivity index (χ1v) is 8.41. The summed E-state index contributed by atoms with van der Waals surface area (Å²) in [6, 6.07) is 3.17. The summed E-state index contributed by atoms with van der Waals surface area (Å²) >= 11 is 0. The number of rotatable bonds is 5. The van der Waals surface area contributed by atoms with Crippen LogP contribution in [0.5, 0.6) is 0 Å². The van der Waals surface area contributed by atoms with Gasteiger partial charge in [-0.3, -0.25) is 4.90 Å². The van der Waals surface area contributed by atoms with E-state index in [0.717, 1.165) is 44.1 Å².